The number of thiol groups is 1. The third-order valence-electron chi connectivity index (χ3n) is 1.72. The van der Waals surface area contributed by atoms with Crippen LogP contribution >= 0.6 is 24.4 Å². The van der Waals surface area contributed by atoms with Gasteiger partial charge in [-0.15, -0.1) is 12.6 Å². The van der Waals surface area contributed by atoms with Crippen LogP contribution in [0.1, 0.15) is 0 Å². The van der Waals surface area contributed by atoms with Crippen molar-refractivity contribution in [2.75, 3.05) is 0 Å². The number of phenols is 1. The summed E-state index contributed by atoms with van der Waals surface area (Å²) in [6.07, 6.45) is 3.35. The molecule has 3 nitrogen and oxygen atoms in total. The molecule has 2 aromatic rings. The van der Waals surface area contributed by atoms with Crippen molar-refractivity contribution in [1.29, 1.82) is 0 Å². The van der Waals surface area contributed by atoms with Crippen molar-refractivity contribution >= 4 is 24.4 Å². The maximum absolute atomic E-state index is 9.45. The van der Waals surface area contributed by atoms with Crippen molar-refractivity contribution in [3.05, 3.63) is 36.7 Å². The minimum Gasteiger partial charge on any atom is -0.507 e. The van der Waals surface area contributed by atoms with Crippen LogP contribution in [0.5, 0.6) is 5.75 Å². The minimum absolute atomic E-state index is 0.166. The van der Waals surface area contributed by atoms with E-state index in [9.17, 15) is 5.11 Å². The van der Waals surface area contributed by atoms with Gasteiger partial charge in [0.15, 0.2) is 5.16 Å². The van der Waals surface area contributed by atoms with Gasteiger partial charge in [0.2, 0.25) is 0 Å². The van der Waals surface area contributed by atoms with Crippen LogP contribution in [-0.4, -0.2) is 15.1 Å². The van der Waals surface area contributed by atoms with Gasteiger partial charge < -0.3 is 5.11 Å². The molecule has 1 N–H and O–H groups in total. The largest absolute Gasteiger partial charge is 0.507 e. The van der Waals surface area contributed by atoms with Crippen molar-refractivity contribution < 1.29 is 5.11 Å². The zero-order chi connectivity index (χ0) is 10.7. The highest BCUT2D eigenvalue weighted by atomic mass is 32.2. The molecule has 76 valence electrons. The second-order valence-corrected chi connectivity index (χ2v) is 4.21. The van der Waals surface area contributed by atoms with Crippen LogP contribution in [0, 0.1) is 0 Å². The standard InChI is InChI=1S/C10H8N2OS2/c13-7-3-1-4-8(9(7)14)15-10-11-5-2-6-12-10/h1-6,13-14H. The van der Waals surface area contributed by atoms with Crippen molar-refractivity contribution in [2.24, 2.45) is 0 Å². The lowest BCUT2D eigenvalue weighted by atomic mass is 10.3. The van der Waals surface area contributed by atoms with E-state index >= 15 is 0 Å². The molecule has 0 spiro atoms. The highest BCUT2D eigenvalue weighted by Gasteiger charge is 2.06. The topological polar surface area (TPSA) is 46.0 Å². The summed E-state index contributed by atoms with van der Waals surface area (Å²) in [4.78, 5) is 9.55. The molecule has 0 aliphatic rings. The van der Waals surface area contributed by atoms with Gasteiger partial charge in [0.05, 0.1) is 4.90 Å². The molecular weight excluding hydrogens is 228 g/mol. The van der Waals surface area contributed by atoms with Gasteiger partial charge >= 0.3 is 0 Å². The summed E-state index contributed by atoms with van der Waals surface area (Å²) >= 11 is 5.58. The molecule has 0 fully saturated rings. The first-order valence-corrected chi connectivity index (χ1v) is 5.49. The van der Waals surface area contributed by atoms with Gasteiger partial charge in [-0.3, -0.25) is 0 Å². The summed E-state index contributed by atoms with van der Waals surface area (Å²) in [7, 11) is 0. The zero-order valence-corrected chi connectivity index (χ0v) is 9.37. The zero-order valence-electron chi connectivity index (χ0n) is 7.66. The van der Waals surface area contributed by atoms with Gasteiger partial charge in [0.25, 0.3) is 0 Å². The lowest BCUT2D eigenvalue weighted by molar-refractivity contribution is 0.459. The summed E-state index contributed by atoms with van der Waals surface area (Å²) in [5.74, 6) is 0.166. The van der Waals surface area contributed by atoms with E-state index in [0.29, 0.717) is 10.1 Å². The maximum atomic E-state index is 9.45. The first-order valence-electron chi connectivity index (χ1n) is 4.23. The third-order valence-corrected chi connectivity index (χ3v) is 3.30. The third kappa shape index (κ3) is 2.43. The fraction of sp³-hybridized carbons (Fsp3) is 0. The van der Waals surface area contributed by atoms with Crippen molar-refractivity contribution in [3.8, 4) is 5.75 Å². The van der Waals surface area contributed by atoms with Gasteiger partial charge in [0.1, 0.15) is 5.75 Å². The molecule has 0 amide bonds. The van der Waals surface area contributed by atoms with Gasteiger partial charge in [-0.05, 0) is 30.0 Å². The highest BCUT2D eigenvalue weighted by molar-refractivity contribution is 7.99. The molecule has 0 unspecified atom stereocenters. The molecule has 0 saturated carbocycles. The fourth-order valence-electron chi connectivity index (χ4n) is 1.03. The van der Waals surface area contributed by atoms with E-state index < -0.39 is 0 Å². The molecule has 2 rings (SSSR count). The van der Waals surface area contributed by atoms with E-state index in [1.54, 1.807) is 30.6 Å². The normalized spacial score (nSPS) is 10.2. The maximum Gasteiger partial charge on any atom is 0.192 e. The first-order chi connectivity index (χ1) is 7.27. The molecule has 0 atom stereocenters. The Labute approximate surface area is 97.0 Å². The minimum atomic E-state index is 0.166. The Hall–Kier alpha value is -1.20. The van der Waals surface area contributed by atoms with Crippen LogP contribution in [0.25, 0.3) is 0 Å². The van der Waals surface area contributed by atoms with E-state index in [-0.39, 0.29) is 5.75 Å². The number of aromatic hydroxyl groups is 1. The Kier molecular flexibility index (Phi) is 3.13. The quantitative estimate of drug-likeness (QED) is 0.621. The molecule has 5 heteroatoms. The average Bonchev–Trinajstić information content (AvgIpc) is 2.26. The van der Waals surface area contributed by atoms with Gasteiger partial charge in [-0.2, -0.15) is 0 Å². The Balaban J connectivity index is 2.29. The monoisotopic (exact) mass is 236 g/mol. The summed E-state index contributed by atoms with van der Waals surface area (Å²) < 4.78 is 0. The average molecular weight is 236 g/mol. The lowest BCUT2D eigenvalue weighted by Crippen LogP contribution is -1.84. The van der Waals surface area contributed by atoms with Crippen molar-refractivity contribution in [3.63, 3.8) is 0 Å². The predicted octanol–water partition coefficient (Wildman–Crippen LogP) is 2.62. The van der Waals surface area contributed by atoms with Crippen molar-refractivity contribution in [1.82, 2.24) is 9.97 Å². The van der Waals surface area contributed by atoms with E-state index in [4.69, 9.17) is 0 Å². The van der Waals surface area contributed by atoms with Crippen molar-refractivity contribution in [2.45, 2.75) is 14.9 Å². The molecular formula is C10H8N2OS2. The van der Waals surface area contributed by atoms with Crippen LogP contribution in [0.4, 0.5) is 0 Å². The van der Waals surface area contributed by atoms with E-state index in [0.717, 1.165) is 4.90 Å². The number of hydrogen-bond donors (Lipinski definition) is 2. The Morgan fingerprint density at radius 3 is 2.60 bits per heavy atom. The Morgan fingerprint density at radius 1 is 1.13 bits per heavy atom. The Bertz CT molecular complexity index is 462. The van der Waals surface area contributed by atoms with Crippen LogP contribution in [0.2, 0.25) is 0 Å². The molecule has 1 heterocycles. The Morgan fingerprint density at radius 2 is 1.87 bits per heavy atom. The van der Waals surface area contributed by atoms with E-state index in [1.807, 2.05) is 6.07 Å². The molecule has 0 bridgehead atoms. The van der Waals surface area contributed by atoms with Gasteiger partial charge in [-0.1, -0.05) is 6.07 Å². The lowest BCUT2D eigenvalue weighted by Gasteiger charge is -2.04. The molecule has 1 aromatic heterocycles. The number of phenolic OH excluding ortho intramolecular Hbond substituents is 1. The summed E-state index contributed by atoms with van der Waals surface area (Å²) in [5.41, 5.74) is 0. The molecule has 15 heavy (non-hydrogen) atoms. The first kappa shape index (κ1) is 10.3. The number of hydrogen-bond acceptors (Lipinski definition) is 5. The summed E-state index contributed by atoms with van der Waals surface area (Å²) in [6, 6.07) is 6.98. The summed E-state index contributed by atoms with van der Waals surface area (Å²) in [6.45, 7) is 0. The molecule has 0 aliphatic heterocycles. The number of rotatable bonds is 2. The predicted molar refractivity (Wildman–Crippen MR) is 61.5 cm³/mol. The van der Waals surface area contributed by atoms with Crippen LogP contribution < -0.4 is 0 Å². The van der Waals surface area contributed by atoms with Gasteiger partial charge in [-0.25, -0.2) is 9.97 Å². The van der Waals surface area contributed by atoms with Gasteiger partial charge in [0, 0.05) is 17.3 Å². The van der Waals surface area contributed by atoms with Crippen LogP contribution in [-0.2, 0) is 0 Å². The van der Waals surface area contributed by atoms with Crippen LogP contribution in [0.15, 0.2) is 51.6 Å². The molecule has 0 aliphatic carbocycles. The van der Waals surface area contributed by atoms with E-state index in [1.165, 1.54) is 11.8 Å². The SMILES string of the molecule is Oc1cccc(Sc2ncccn2)c1S. The second kappa shape index (κ2) is 4.55. The highest BCUT2D eigenvalue weighted by Crippen LogP contribution is 2.34. The number of aromatic nitrogens is 2. The molecule has 1 aromatic carbocycles. The van der Waals surface area contributed by atoms with E-state index in [2.05, 4.69) is 22.6 Å². The second-order valence-electron chi connectivity index (χ2n) is 2.76. The molecule has 0 radical (unpaired) electrons. The summed E-state index contributed by atoms with van der Waals surface area (Å²) in [5, 5.41) is 10.1. The number of benzene rings is 1. The fourth-order valence-corrected chi connectivity index (χ4v) is 2.09. The van der Waals surface area contributed by atoms with Crippen LogP contribution in [0.3, 0.4) is 0 Å². The number of nitrogens with zero attached hydrogens (tertiary/aromatic N) is 2. The molecule has 0 saturated heterocycles. The smallest absolute Gasteiger partial charge is 0.192 e.